The van der Waals surface area contributed by atoms with Crippen molar-refractivity contribution in [3.8, 4) is 10.4 Å². The van der Waals surface area contributed by atoms with Gasteiger partial charge in [-0.2, -0.15) is 0 Å². The van der Waals surface area contributed by atoms with Crippen molar-refractivity contribution in [2.75, 3.05) is 7.05 Å². The summed E-state index contributed by atoms with van der Waals surface area (Å²) in [5.74, 6) is 0. The standard InChI is InChI=1S/C12H12INS/c1-14-8-11-6-7-12(15-11)9-2-4-10(13)5-3-9/h2-7,14H,8H2,1H3. The maximum Gasteiger partial charge on any atom is 0.0346 e. The molecule has 78 valence electrons. The molecule has 0 aliphatic rings. The molecule has 0 aliphatic heterocycles. The highest BCUT2D eigenvalue weighted by atomic mass is 127. The van der Waals surface area contributed by atoms with Crippen molar-refractivity contribution in [3.63, 3.8) is 0 Å². The molecule has 1 aromatic carbocycles. The number of hydrogen-bond acceptors (Lipinski definition) is 2. The van der Waals surface area contributed by atoms with Crippen LogP contribution in [-0.2, 0) is 6.54 Å². The van der Waals surface area contributed by atoms with E-state index in [0.29, 0.717) is 0 Å². The largest absolute Gasteiger partial charge is 0.315 e. The summed E-state index contributed by atoms with van der Waals surface area (Å²) < 4.78 is 1.28. The maximum absolute atomic E-state index is 3.17. The summed E-state index contributed by atoms with van der Waals surface area (Å²) in [4.78, 5) is 2.72. The van der Waals surface area contributed by atoms with Crippen molar-refractivity contribution in [2.24, 2.45) is 0 Å². The number of halogens is 1. The summed E-state index contributed by atoms with van der Waals surface area (Å²) in [7, 11) is 1.98. The van der Waals surface area contributed by atoms with Gasteiger partial charge in [0.05, 0.1) is 0 Å². The summed E-state index contributed by atoms with van der Waals surface area (Å²) in [6.45, 7) is 0.953. The summed E-state index contributed by atoms with van der Waals surface area (Å²) >= 11 is 4.18. The van der Waals surface area contributed by atoms with Gasteiger partial charge in [-0.3, -0.25) is 0 Å². The van der Waals surface area contributed by atoms with E-state index in [9.17, 15) is 0 Å². The van der Waals surface area contributed by atoms with Gasteiger partial charge in [-0.05, 0) is 59.5 Å². The zero-order valence-corrected chi connectivity index (χ0v) is 11.4. The van der Waals surface area contributed by atoms with Crippen LogP contribution in [0.15, 0.2) is 36.4 Å². The molecule has 0 atom stereocenters. The third kappa shape index (κ3) is 2.80. The minimum absolute atomic E-state index is 0.953. The highest BCUT2D eigenvalue weighted by Crippen LogP contribution is 2.28. The second-order valence-electron chi connectivity index (χ2n) is 3.30. The molecule has 0 aliphatic carbocycles. The number of nitrogens with one attached hydrogen (secondary N) is 1. The van der Waals surface area contributed by atoms with Crippen LogP contribution in [0.4, 0.5) is 0 Å². The molecule has 0 fully saturated rings. The van der Waals surface area contributed by atoms with Crippen LogP contribution in [0.3, 0.4) is 0 Å². The molecule has 0 unspecified atom stereocenters. The molecule has 1 N–H and O–H groups in total. The van der Waals surface area contributed by atoms with Crippen molar-refractivity contribution in [3.05, 3.63) is 44.8 Å². The molecule has 3 heteroatoms. The fraction of sp³-hybridized carbons (Fsp3) is 0.167. The molecular formula is C12H12INS. The van der Waals surface area contributed by atoms with E-state index in [1.165, 1.54) is 18.9 Å². The van der Waals surface area contributed by atoms with Crippen molar-refractivity contribution >= 4 is 33.9 Å². The predicted octanol–water partition coefficient (Wildman–Crippen LogP) is 3.74. The molecule has 0 bridgehead atoms. The van der Waals surface area contributed by atoms with Crippen molar-refractivity contribution in [2.45, 2.75) is 6.54 Å². The Morgan fingerprint density at radius 1 is 1.13 bits per heavy atom. The first-order valence-corrected chi connectivity index (χ1v) is 6.68. The number of rotatable bonds is 3. The van der Waals surface area contributed by atoms with Crippen LogP contribution in [0.2, 0.25) is 0 Å². The lowest BCUT2D eigenvalue weighted by Gasteiger charge is -1.97. The van der Waals surface area contributed by atoms with Crippen molar-refractivity contribution in [1.29, 1.82) is 0 Å². The average Bonchev–Trinajstić information content (AvgIpc) is 2.68. The van der Waals surface area contributed by atoms with E-state index in [1.54, 1.807) is 0 Å². The van der Waals surface area contributed by atoms with Crippen LogP contribution in [0.5, 0.6) is 0 Å². The molecule has 15 heavy (non-hydrogen) atoms. The van der Waals surface area contributed by atoms with E-state index in [0.717, 1.165) is 6.54 Å². The van der Waals surface area contributed by atoms with Crippen molar-refractivity contribution in [1.82, 2.24) is 5.32 Å². The Balaban J connectivity index is 2.25. The number of thiophene rings is 1. The third-order valence-electron chi connectivity index (χ3n) is 2.14. The Bertz CT molecular complexity index is 433. The Morgan fingerprint density at radius 2 is 1.87 bits per heavy atom. The summed E-state index contributed by atoms with van der Waals surface area (Å²) in [6, 6.07) is 13.0. The van der Waals surface area contributed by atoms with E-state index in [4.69, 9.17) is 0 Å². The highest BCUT2D eigenvalue weighted by Gasteiger charge is 2.01. The van der Waals surface area contributed by atoms with Gasteiger partial charge in [-0.1, -0.05) is 12.1 Å². The van der Waals surface area contributed by atoms with Gasteiger partial charge in [-0.15, -0.1) is 11.3 Å². The summed E-state index contributed by atoms with van der Waals surface area (Å²) in [5.41, 5.74) is 1.31. The van der Waals surface area contributed by atoms with Crippen LogP contribution in [0.25, 0.3) is 10.4 Å². The smallest absolute Gasteiger partial charge is 0.0346 e. The van der Waals surface area contributed by atoms with Gasteiger partial charge in [0.15, 0.2) is 0 Å². The van der Waals surface area contributed by atoms with E-state index >= 15 is 0 Å². The maximum atomic E-state index is 3.17. The fourth-order valence-corrected chi connectivity index (χ4v) is 2.80. The monoisotopic (exact) mass is 329 g/mol. The zero-order chi connectivity index (χ0) is 10.7. The van der Waals surface area contributed by atoms with Gasteiger partial charge in [0.2, 0.25) is 0 Å². The Morgan fingerprint density at radius 3 is 2.53 bits per heavy atom. The summed E-state index contributed by atoms with van der Waals surface area (Å²) in [5, 5.41) is 3.17. The van der Waals surface area contributed by atoms with Crippen molar-refractivity contribution < 1.29 is 0 Å². The lowest BCUT2D eigenvalue weighted by atomic mass is 10.2. The van der Waals surface area contributed by atoms with Gasteiger partial charge in [0, 0.05) is 19.9 Å². The van der Waals surface area contributed by atoms with Crippen LogP contribution < -0.4 is 5.32 Å². The van der Waals surface area contributed by atoms with Crippen LogP contribution >= 0.6 is 33.9 Å². The Kier molecular flexibility index (Phi) is 3.77. The molecule has 2 aromatic rings. The Labute approximate surface area is 108 Å². The lowest BCUT2D eigenvalue weighted by Crippen LogP contribution is -2.02. The molecule has 2 rings (SSSR count). The van der Waals surface area contributed by atoms with Gasteiger partial charge in [0.1, 0.15) is 0 Å². The van der Waals surface area contributed by atoms with E-state index in [1.807, 2.05) is 18.4 Å². The molecular weight excluding hydrogens is 317 g/mol. The quantitative estimate of drug-likeness (QED) is 0.846. The second-order valence-corrected chi connectivity index (χ2v) is 5.72. The number of hydrogen-bond donors (Lipinski definition) is 1. The van der Waals surface area contributed by atoms with Gasteiger partial charge < -0.3 is 5.32 Å². The molecule has 0 radical (unpaired) electrons. The molecule has 0 saturated carbocycles. The first-order chi connectivity index (χ1) is 7.29. The fourth-order valence-electron chi connectivity index (χ4n) is 1.42. The number of benzene rings is 1. The topological polar surface area (TPSA) is 12.0 Å². The Hall–Kier alpha value is -0.390. The first-order valence-electron chi connectivity index (χ1n) is 4.79. The molecule has 0 amide bonds. The zero-order valence-electron chi connectivity index (χ0n) is 8.46. The first kappa shape index (κ1) is 11.1. The van der Waals surface area contributed by atoms with Gasteiger partial charge in [-0.25, -0.2) is 0 Å². The molecule has 0 spiro atoms. The van der Waals surface area contributed by atoms with Crippen LogP contribution in [0, 0.1) is 3.57 Å². The summed E-state index contributed by atoms with van der Waals surface area (Å²) in [6.07, 6.45) is 0. The highest BCUT2D eigenvalue weighted by molar-refractivity contribution is 14.1. The molecule has 1 heterocycles. The predicted molar refractivity (Wildman–Crippen MR) is 75.2 cm³/mol. The van der Waals surface area contributed by atoms with E-state index in [-0.39, 0.29) is 0 Å². The minimum Gasteiger partial charge on any atom is -0.315 e. The molecule has 1 nitrogen and oxygen atoms in total. The third-order valence-corrected chi connectivity index (χ3v) is 3.99. The molecule has 0 saturated heterocycles. The van der Waals surface area contributed by atoms with Gasteiger partial charge >= 0.3 is 0 Å². The van der Waals surface area contributed by atoms with Gasteiger partial charge in [0.25, 0.3) is 0 Å². The molecule has 1 aromatic heterocycles. The van der Waals surface area contributed by atoms with E-state index in [2.05, 4.69) is 64.3 Å². The second kappa shape index (κ2) is 5.09. The average molecular weight is 329 g/mol. The normalized spacial score (nSPS) is 10.5. The van der Waals surface area contributed by atoms with E-state index < -0.39 is 0 Å². The lowest BCUT2D eigenvalue weighted by molar-refractivity contribution is 0.831. The minimum atomic E-state index is 0.953. The van der Waals surface area contributed by atoms with Crippen LogP contribution in [0.1, 0.15) is 4.88 Å². The SMILES string of the molecule is CNCc1ccc(-c2ccc(I)cc2)s1. The van der Waals surface area contributed by atoms with Crippen LogP contribution in [-0.4, -0.2) is 7.05 Å².